The molecule has 1 aromatic heterocycles. The Morgan fingerprint density at radius 2 is 2.12 bits per heavy atom. The molecule has 3 N–H and O–H groups in total. The smallest absolute Gasteiger partial charge is 0.191 e. The summed E-state index contributed by atoms with van der Waals surface area (Å²) in [5, 5.41) is 21.0. The zero-order valence-corrected chi connectivity index (χ0v) is 18.6. The van der Waals surface area contributed by atoms with Crippen LogP contribution in [-0.2, 0) is 12.0 Å². The summed E-state index contributed by atoms with van der Waals surface area (Å²) in [6.45, 7) is 5.64. The molecule has 0 aliphatic rings. The first-order valence-corrected chi connectivity index (χ1v) is 9.39. The van der Waals surface area contributed by atoms with Crippen LogP contribution in [0.1, 0.15) is 25.0 Å². The van der Waals surface area contributed by atoms with Gasteiger partial charge in [0.25, 0.3) is 0 Å². The summed E-state index contributed by atoms with van der Waals surface area (Å²) in [4.78, 5) is 4.53. The van der Waals surface area contributed by atoms with Crippen molar-refractivity contribution < 1.29 is 9.84 Å². The predicted octanol–water partition coefficient (Wildman–Crippen LogP) is 3.38. The lowest BCUT2D eigenvalue weighted by molar-refractivity contribution is 0.0677. The summed E-state index contributed by atoms with van der Waals surface area (Å²) in [6, 6.07) is 9.98. The van der Waals surface area contributed by atoms with E-state index in [1.165, 1.54) is 5.56 Å². The normalized spacial score (nSPS) is 13.5. The molecule has 0 saturated carbocycles. The molecular formula is C19H28IN3O2S. The molecule has 144 valence electrons. The molecule has 0 spiro atoms. The first-order valence-electron chi connectivity index (χ1n) is 8.45. The number of hydrogen-bond donors (Lipinski definition) is 3. The summed E-state index contributed by atoms with van der Waals surface area (Å²) < 4.78 is 5.25. The highest BCUT2D eigenvalue weighted by Crippen LogP contribution is 2.23. The molecule has 2 rings (SSSR count). The first-order chi connectivity index (χ1) is 12.0. The second-order valence-electron chi connectivity index (χ2n) is 6.01. The Morgan fingerprint density at radius 1 is 1.31 bits per heavy atom. The van der Waals surface area contributed by atoms with E-state index >= 15 is 0 Å². The second kappa shape index (κ2) is 11.4. The maximum atomic E-state index is 10.6. The highest BCUT2D eigenvalue weighted by Gasteiger charge is 2.23. The average Bonchev–Trinajstić information content (AvgIpc) is 3.15. The van der Waals surface area contributed by atoms with Gasteiger partial charge in [0.2, 0.25) is 0 Å². The van der Waals surface area contributed by atoms with Crippen LogP contribution >= 0.6 is 35.3 Å². The molecule has 0 aliphatic carbocycles. The number of nitrogens with one attached hydrogen (secondary N) is 2. The van der Waals surface area contributed by atoms with E-state index in [1.807, 2.05) is 41.9 Å². The number of aliphatic imine (C=N–C) groups is 1. The lowest BCUT2D eigenvalue weighted by Crippen LogP contribution is -2.39. The SMILES string of the molecule is CCNC(=NCC(C)(O)c1ccsc1)NCCc1cccc(OC)c1.I. The molecule has 26 heavy (non-hydrogen) atoms. The number of ether oxygens (including phenoxy) is 1. The Bertz CT molecular complexity index is 675. The van der Waals surface area contributed by atoms with Crippen LogP contribution in [0.15, 0.2) is 46.1 Å². The molecule has 0 bridgehead atoms. The molecule has 1 aromatic carbocycles. The monoisotopic (exact) mass is 489 g/mol. The molecule has 2 aromatic rings. The summed E-state index contributed by atoms with van der Waals surface area (Å²) in [6.07, 6.45) is 0.864. The van der Waals surface area contributed by atoms with E-state index < -0.39 is 5.60 Å². The van der Waals surface area contributed by atoms with E-state index in [2.05, 4.69) is 21.7 Å². The third kappa shape index (κ3) is 7.13. The largest absolute Gasteiger partial charge is 0.497 e. The molecule has 0 aliphatic heterocycles. The van der Waals surface area contributed by atoms with E-state index in [1.54, 1.807) is 25.4 Å². The molecule has 7 heteroatoms. The van der Waals surface area contributed by atoms with Gasteiger partial charge in [0, 0.05) is 13.1 Å². The number of nitrogens with zero attached hydrogens (tertiary/aromatic N) is 1. The fourth-order valence-corrected chi connectivity index (χ4v) is 3.17. The van der Waals surface area contributed by atoms with Crippen LogP contribution in [-0.4, -0.2) is 37.8 Å². The van der Waals surface area contributed by atoms with Crippen LogP contribution < -0.4 is 15.4 Å². The molecule has 1 unspecified atom stereocenters. The molecule has 1 heterocycles. The topological polar surface area (TPSA) is 65.9 Å². The summed E-state index contributed by atoms with van der Waals surface area (Å²) in [5.41, 5.74) is 1.14. The molecular weight excluding hydrogens is 461 g/mol. The van der Waals surface area contributed by atoms with Crippen molar-refractivity contribution in [1.82, 2.24) is 10.6 Å². The Kier molecular flexibility index (Phi) is 9.97. The molecule has 0 saturated heterocycles. The van der Waals surface area contributed by atoms with Crippen molar-refractivity contribution in [3.63, 3.8) is 0 Å². The van der Waals surface area contributed by atoms with Crippen LogP contribution in [0.3, 0.4) is 0 Å². The van der Waals surface area contributed by atoms with Crippen molar-refractivity contribution in [2.75, 3.05) is 26.7 Å². The van der Waals surface area contributed by atoms with Gasteiger partial charge >= 0.3 is 0 Å². The minimum absolute atomic E-state index is 0. The van der Waals surface area contributed by atoms with E-state index in [0.29, 0.717) is 12.5 Å². The number of rotatable bonds is 8. The van der Waals surface area contributed by atoms with Gasteiger partial charge < -0.3 is 20.5 Å². The quantitative estimate of drug-likeness (QED) is 0.302. The van der Waals surface area contributed by atoms with Crippen molar-refractivity contribution in [1.29, 1.82) is 0 Å². The first kappa shape index (κ1) is 22.7. The number of benzene rings is 1. The van der Waals surface area contributed by atoms with Gasteiger partial charge in [-0.15, -0.1) is 24.0 Å². The number of hydrogen-bond acceptors (Lipinski definition) is 4. The highest BCUT2D eigenvalue weighted by atomic mass is 127. The fourth-order valence-electron chi connectivity index (χ4n) is 2.39. The van der Waals surface area contributed by atoms with Crippen molar-refractivity contribution in [3.8, 4) is 5.75 Å². The summed E-state index contributed by atoms with van der Waals surface area (Å²) in [7, 11) is 1.67. The summed E-state index contributed by atoms with van der Waals surface area (Å²) in [5.74, 6) is 1.57. The molecule has 5 nitrogen and oxygen atoms in total. The van der Waals surface area contributed by atoms with Crippen molar-refractivity contribution >= 4 is 41.3 Å². The Hall–Kier alpha value is -1.32. The van der Waals surface area contributed by atoms with Crippen LogP contribution in [0.5, 0.6) is 5.75 Å². The van der Waals surface area contributed by atoms with E-state index in [9.17, 15) is 5.11 Å². The molecule has 1 atom stereocenters. The van der Waals surface area contributed by atoms with Gasteiger partial charge in [-0.05, 0) is 60.4 Å². The van der Waals surface area contributed by atoms with Gasteiger partial charge in [0.15, 0.2) is 5.96 Å². The number of guanidine groups is 1. The van der Waals surface area contributed by atoms with E-state index in [0.717, 1.165) is 30.8 Å². The standard InChI is InChI=1S/C19H27N3O2S.HI/c1-4-20-18(22-14-19(2,23)16-9-11-25-13-16)21-10-8-15-6-5-7-17(12-15)24-3;/h5-7,9,11-13,23H,4,8,10,14H2,1-3H3,(H2,20,21,22);1H. The molecule has 0 fully saturated rings. The predicted molar refractivity (Wildman–Crippen MR) is 120 cm³/mol. The number of halogens is 1. The number of aliphatic hydroxyl groups is 1. The lowest BCUT2D eigenvalue weighted by atomic mass is 10.00. The number of thiophene rings is 1. The van der Waals surface area contributed by atoms with Crippen molar-refractivity contribution in [2.24, 2.45) is 4.99 Å². The van der Waals surface area contributed by atoms with E-state index in [4.69, 9.17) is 4.74 Å². The zero-order chi connectivity index (χ0) is 18.1. The van der Waals surface area contributed by atoms with Crippen LogP contribution in [0.2, 0.25) is 0 Å². The van der Waals surface area contributed by atoms with Gasteiger partial charge in [-0.2, -0.15) is 11.3 Å². The Balaban J connectivity index is 0.00000338. The van der Waals surface area contributed by atoms with Crippen LogP contribution in [0.4, 0.5) is 0 Å². The van der Waals surface area contributed by atoms with Gasteiger partial charge in [0.05, 0.1) is 13.7 Å². The Morgan fingerprint density at radius 3 is 2.77 bits per heavy atom. The van der Waals surface area contributed by atoms with Gasteiger partial charge in [-0.3, -0.25) is 0 Å². The number of methoxy groups -OCH3 is 1. The van der Waals surface area contributed by atoms with E-state index in [-0.39, 0.29) is 24.0 Å². The fraction of sp³-hybridized carbons (Fsp3) is 0.421. The lowest BCUT2D eigenvalue weighted by Gasteiger charge is -2.21. The molecule has 0 radical (unpaired) electrons. The van der Waals surface area contributed by atoms with Crippen LogP contribution in [0.25, 0.3) is 0 Å². The van der Waals surface area contributed by atoms with Gasteiger partial charge in [-0.1, -0.05) is 12.1 Å². The van der Waals surface area contributed by atoms with Gasteiger partial charge in [0.1, 0.15) is 11.4 Å². The minimum atomic E-state index is -0.963. The van der Waals surface area contributed by atoms with Gasteiger partial charge in [-0.25, -0.2) is 4.99 Å². The zero-order valence-electron chi connectivity index (χ0n) is 15.5. The average molecular weight is 489 g/mol. The third-order valence-electron chi connectivity index (χ3n) is 3.87. The maximum absolute atomic E-state index is 10.6. The second-order valence-corrected chi connectivity index (χ2v) is 6.79. The van der Waals surface area contributed by atoms with Crippen molar-refractivity contribution in [2.45, 2.75) is 25.9 Å². The maximum Gasteiger partial charge on any atom is 0.191 e. The minimum Gasteiger partial charge on any atom is -0.497 e. The highest BCUT2D eigenvalue weighted by molar-refractivity contribution is 14.0. The summed E-state index contributed by atoms with van der Waals surface area (Å²) >= 11 is 1.58. The Labute approximate surface area is 176 Å². The molecule has 0 amide bonds. The van der Waals surface area contributed by atoms with Crippen molar-refractivity contribution in [3.05, 3.63) is 52.2 Å². The third-order valence-corrected chi connectivity index (χ3v) is 4.56. The van der Waals surface area contributed by atoms with Crippen LogP contribution in [0, 0.1) is 0 Å².